The molecule has 4 aromatic rings. The average Bonchev–Trinajstić information content (AvgIpc) is 3.16. The number of H-pyrrole nitrogens is 1. The minimum absolute atomic E-state index is 0.0458. The van der Waals surface area contributed by atoms with Gasteiger partial charge in [-0.3, -0.25) is 9.59 Å². The van der Waals surface area contributed by atoms with E-state index >= 15 is 0 Å². The second kappa shape index (κ2) is 8.20. The number of carbonyl (C=O) groups is 1. The van der Waals surface area contributed by atoms with Crippen LogP contribution in [-0.2, 0) is 6.54 Å². The van der Waals surface area contributed by atoms with Gasteiger partial charge in [0.25, 0.3) is 11.5 Å². The van der Waals surface area contributed by atoms with E-state index in [1.165, 1.54) is 23.5 Å². The minimum atomic E-state index is -0.643. The molecule has 0 saturated carbocycles. The van der Waals surface area contributed by atoms with Crippen LogP contribution in [0.3, 0.4) is 0 Å². The van der Waals surface area contributed by atoms with E-state index in [0.29, 0.717) is 16.1 Å². The summed E-state index contributed by atoms with van der Waals surface area (Å²) in [5.41, 5.74) is 1.41. The molecule has 0 aliphatic carbocycles. The first-order chi connectivity index (χ1) is 14.1. The van der Waals surface area contributed by atoms with E-state index in [4.69, 9.17) is 0 Å². The quantitative estimate of drug-likeness (QED) is 0.561. The van der Waals surface area contributed by atoms with Crippen LogP contribution in [0.1, 0.15) is 15.9 Å². The zero-order chi connectivity index (χ0) is 20.2. The number of rotatable bonds is 4. The smallest absolute Gasteiger partial charge is 0.285 e. The predicted molar refractivity (Wildman–Crippen MR) is 110 cm³/mol. The van der Waals surface area contributed by atoms with Gasteiger partial charge in [0.2, 0.25) is 0 Å². The van der Waals surface area contributed by atoms with E-state index in [2.05, 4.69) is 9.98 Å². The molecule has 29 heavy (non-hydrogen) atoms. The van der Waals surface area contributed by atoms with E-state index in [0.717, 1.165) is 5.56 Å². The molecule has 7 heteroatoms. The van der Waals surface area contributed by atoms with Gasteiger partial charge >= 0.3 is 0 Å². The minimum Gasteiger partial charge on any atom is -0.321 e. The molecule has 2 heterocycles. The van der Waals surface area contributed by atoms with Crippen LogP contribution < -0.4 is 10.4 Å². The van der Waals surface area contributed by atoms with Crippen LogP contribution in [0.2, 0.25) is 0 Å². The maximum atomic E-state index is 13.9. The van der Waals surface area contributed by atoms with Gasteiger partial charge in [-0.1, -0.05) is 48.5 Å². The topological polar surface area (TPSA) is 67.2 Å². The predicted octanol–water partition coefficient (Wildman–Crippen LogP) is 3.83. The molecule has 2 aromatic heterocycles. The summed E-state index contributed by atoms with van der Waals surface area (Å²) >= 11 is 1.24. The fourth-order valence-corrected chi connectivity index (χ4v) is 3.62. The molecule has 0 aliphatic heterocycles. The number of benzene rings is 2. The molecule has 5 nitrogen and oxygen atoms in total. The maximum Gasteiger partial charge on any atom is 0.285 e. The molecule has 0 bridgehead atoms. The number of aromatic nitrogens is 2. The van der Waals surface area contributed by atoms with Gasteiger partial charge in [0.1, 0.15) is 11.4 Å². The van der Waals surface area contributed by atoms with Crippen LogP contribution in [0.25, 0.3) is 11.3 Å². The Bertz CT molecular complexity index is 1290. The number of aromatic amines is 1. The average molecular weight is 405 g/mol. The molecule has 0 unspecified atom stereocenters. The van der Waals surface area contributed by atoms with Crippen molar-refractivity contribution in [3.63, 3.8) is 0 Å². The third-order valence-corrected chi connectivity index (χ3v) is 5.17. The standard InChI is InChI=1S/C22H16FN3O2S/c23-18-9-5-4-8-16(18)14-26-12-13-29-22(26)25-21(28)17-10-11-19(24-20(17)27)15-6-2-1-3-7-15/h1-13H,14H2,(H,24,27). The Hall–Kier alpha value is -3.58. The fraction of sp³-hybridized carbons (Fsp3) is 0.0455. The molecule has 0 spiro atoms. The summed E-state index contributed by atoms with van der Waals surface area (Å²) in [6, 6.07) is 19.0. The lowest BCUT2D eigenvalue weighted by atomic mass is 10.1. The number of halogens is 1. The number of nitrogens with zero attached hydrogens (tertiary/aromatic N) is 2. The summed E-state index contributed by atoms with van der Waals surface area (Å²) in [6.45, 7) is 0.242. The van der Waals surface area contributed by atoms with E-state index in [-0.39, 0.29) is 17.9 Å². The highest BCUT2D eigenvalue weighted by Gasteiger charge is 2.12. The summed E-state index contributed by atoms with van der Waals surface area (Å²) in [4.78, 5) is 32.2. The third kappa shape index (κ3) is 4.14. The molecular weight excluding hydrogens is 389 g/mol. The first-order valence-electron chi connectivity index (χ1n) is 8.87. The van der Waals surface area contributed by atoms with Crippen molar-refractivity contribution < 1.29 is 9.18 Å². The van der Waals surface area contributed by atoms with Gasteiger partial charge in [0.15, 0.2) is 4.80 Å². The lowest BCUT2D eigenvalue weighted by Gasteiger charge is -2.04. The van der Waals surface area contributed by atoms with Gasteiger partial charge in [-0.25, -0.2) is 4.39 Å². The molecule has 1 N–H and O–H groups in total. The SMILES string of the molecule is O=C(N=c1sccn1Cc1ccccc1F)c1ccc(-c2ccccc2)[nH]c1=O. The fourth-order valence-electron chi connectivity index (χ4n) is 2.89. The number of thiazole rings is 1. The van der Waals surface area contributed by atoms with Gasteiger partial charge in [0, 0.05) is 22.8 Å². The Morgan fingerprint density at radius 2 is 1.79 bits per heavy atom. The van der Waals surface area contributed by atoms with Gasteiger partial charge in [-0.2, -0.15) is 4.99 Å². The Kier molecular flexibility index (Phi) is 5.31. The molecule has 0 aliphatic rings. The van der Waals surface area contributed by atoms with Crippen LogP contribution in [0.5, 0.6) is 0 Å². The maximum absolute atomic E-state index is 13.9. The molecule has 0 atom stereocenters. The van der Waals surface area contributed by atoms with Gasteiger partial charge in [0.05, 0.1) is 6.54 Å². The second-order valence-electron chi connectivity index (χ2n) is 6.30. The van der Waals surface area contributed by atoms with Crippen molar-refractivity contribution in [3.8, 4) is 11.3 Å². The van der Waals surface area contributed by atoms with E-state index < -0.39 is 11.5 Å². The van der Waals surface area contributed by atoms with Crippen LogP contribution in [0.4, 0.5) is 4.39 Å². The first kappa shape index (κ1) is 18.8. The van der Waals surface area contributed by atoms with E-state index in [1.54, 1.807) is 40.4 Å². The number of amides is 1. The van der Waals surface area contributed by atoms with Crippen molar-refractivity contribution in [2.24, 2.45) is 4.99 Å². The first-order valence-corrected chi connectivity index (χ1v) is 9.75. The molecule has 4 rings (SSSR count). The lowest BCUT2D eigenvalue weighted by Crippen LogP contribution is -2.21. The summed E-state index contributed by atoms with van der Waals surface area (Å²) in [6.07, 6.45) is 1.73. The zero-order valence-corrected chi connectivity index (χ0v) is 16.0. The molecule has 0 fully saturated rings. The third-order valence-electron chi connectivity index (χ3n) is 4.38. The highest BCUT2D eigenvalue weighted by atomic mass is 32.1. The van der Waals surface area contributed by atoms with Crippen LogP contribution >= 0.6 is 11.3 Å². The van der Waals surface area contributed by atoms with Crippen LogP contribution in [0.15, 0.2) is 88.1 Å². The number of carbonyl (C=O) groups excluding carboxylic acids is 1. The Labute approximate surface area is 169 Å². The van der Waals surface area contributed by atoms with Crippen molar-refractivity contribution in [2.75, 3.05) is 0 Å². The molecular formula is C22H16FN3O2S. The Morgan fingerprint density at radius 1 is 1.03 bits per heavy atom. The van der Waals surface area contributed by atoms with Crippen LogP contribution in [-0.4, -0.2) is 15.5 Å². The number of hydrogen-bond donors (Lipinski definition) is 1. The second-order valence-corrected chi connectivity index (χ2v) is 7.18. The Balaban J connectivity index is 1.63. The zero-order valence-electron chi connectivity index (χ0n) is 15.2. The molecule has 0 saturated heterocycles. The van der Waals surface area contributed by atoms with Crippen LogP contribution in [0, 0.1) is 5.82 Å². The molecule has 144 valence electrons. The van der Waals surface area contributed by atoms with Crippen molar-refractivity contribution in [1.82, 2.24) is 9.55 Å². The normalized spacial score (nSPS) is 11.6. The largest absolute Gasteiger partial charge is 0.321 e. The monoisotopic (exact) mass is 405 g/mol. The van der Waals surface area contributed by atoms with Crippen molar-refractivity contribution in [1.29, 1.82) is 0 Å². The number of nitrogens with one attached hydrogen (secondary N) is 1. The van der Waals surface area contributed by atoms with Crippen molar-refractivity contribution >= 4 is 17.2 Å². The van der Waals surface area contributed by atoms with Crippen molar-refractivity contribution in [2.45, 2.75) is 6.54 Å². The van der Waals surface area contributed by atoms with Gasteiger partial charge in [-0.05, 0) is 23.8 Å². The highest BCUT2D eigenvalue weighted by Crippen LogP contribution is 2.15. The summed E-state index contributed by atoms with van der Waals surface area (Å²) in [5, 5.41) is 1.76. The summed E-state index contributed by atoms with van der Waals surface area (Å²) in [7, 11) is 0. The molecule has 0 radical (unpaired) electrons. The number of pyridine rings is 1. The summed E-state index contributed by atoms with van der Waals surface area (Å²) in [5.74, 6) is -0.966. The molecule has 1 amide bonds. The molecule has 2 aromatic carbocycles. The van der Waals surface area contributed by atoms with Crippen molar-refractivity contribution in [3.05, 3.63) is 110 Å². The van der Waals surface area contributed by atoms with E-state index in [9.17, 15) is 14.0 Å². The highest BCUT2D eigenvalue weighted by molar-refractivity contribution is 7.07. The Morgan fingerprint density at radius 3 is 2.55 bits per heavy atom. The van der Waals surface area contributed by atoms with Gasteiger partial charge < -0.3 is 9.55 Å². The number of hydrogen-bond acceptors (Lipinski definition) is 3. The lowest BCUT2D eigenvalue weighted by molar-refractivity contribution is 0.0996. The summed E-state index contributed by atoms with van der Waals surface area (Å²) < 4.78 is 15.6. The van der Waals surface area contributed by atoms with E-state index in [1.807, 2.05) is 30.3 Å². The van der Waals surface area contributed by atoms with Gasteiger partial charge in [-0.15, -0.1) is 11.3 Å².